The first-order valence-corrected chi connectivity index (χ1v) is 8.01. The molecule has 2 aromatic heterocycles. The molecule has 0 aliphatic carbocycles. The van der Waals surface area contributed by atoms with Gasteiger partial charge < -0.3 is 5.73 Å². The second kappa shape index (κ2) is 5.08. The maximum absolute atomic E-state index is 12.1. The van der Waals surface area contributed by atoms with Gasteiger partial charge in [-0.2, -0.15) is 4.98 Å². The first kappa shape index (κ1) is 13.4. The molecule has 0 fully saturated rings. The molecule has 0 spiro atoms. The number of hydrogen-bond donors (Lipinski definition) is 1. The molecule has 2 N–H and O–H groups in total. The van der Waals surface area contributed by atoms with E-state index in [1.807, 2.05) is 6.26 Å². The van der Waals surface area contributed by atoms with Gasteiger partial charge in [-0.25, -0.2) is 14.3 Å². The van der Waals surface area contributed by atoms with Gasteiger partial charge in [0.25, 0.3) is 0 Å². The fourth-order valence-corrected chi connectivity index (χ4v) is 3.46. The number of fused-ring (bicyclic) bond motifs is 1. The topological polar surface area (TPSA) is 73.8 Å². The molecule has 0 aliphatic rings. The van der Waals surface area contributed by atoms with E-state index in [4.69, 9.17) is 17.3 Å². The molecule has 3 rings (SSSR count). The summed E-state index contributed by atoms with van der Waals surface area (Å²) in [5.41, 5.74) is 6.63. The van der Waals surface area contributed by atoms with Crippen LogP contribution >= 0.6 is 34.7 Å². The Balaban J connectivity index is 2.33. The largest absolute Gasteiger partial charge is 0.383 e. The van der Waals surface area contributed by atoms with Crippen molar-refractivity contribution in [3.63, 3.8) is 0 Å². The lowest BCUT2D eigenvalue weighted by molar-refractivity contribution is 0.945. The van der Waals surface area contributed by atoms with Crippen LogP contribution in [0.3, 0.4) is 0 Å². The predicted molar refractivity (Wildman–Crippen MR) is 84.2 cm³/mol. The number of nitrogen functional groups attached to an aromatic ring is 1. The second-order valence-corrected chi connectivity index (χ2v) is 6.42. The standard InChI is InChI=1S/C12H9ClN4OS2/c1-19-12-16-10-8(20-12)9(14)17(11(18)15-10)7-4-2-3-6(13)5-7/h2-5H,14H2,1H3. The molecule has 2 heterocycles. The van der Waals surface area contributed by atoms with Gasteiger partial charge in [-0.1, -0.05) is 29.4 Å². The quantitative estimate of drug-likeness (QED) is 0.734. The fourth-order valence-electron chi connectivity index (χ4n) is 1.83. The van der Waals surface area contributed by atoms with Crippen molar-refractivity contribution in [2.45, 2.75) is 4.34 Å². The van der Waals surface area contributed by atoms with Gasteiger partial charge in [0.15, 0.2) is 9.99 Å². The van der Waals surface area contributed by atoms with E-state index < -0.39 is 5.69 Å². The molecule has 102 valence electrons. The van der Waals surface area contributed by atoms with Crippen LogP contribution in [0, 0.1) is 0 Å². The smallest absolute Gasteiger partial charge is 0.355 e. The molecule has 0 saturated carbocycles. The lowest BCUT2D eigenvalue weighted by Gasteiger charge is -2.08. The zero-order valence-electron chi connectivity index (χ0n) is 10.3. The number of nitrogens with two attached hydrogens (primary N) is 1. The minimum atomic E-state index is -0.463. The Labute approximate surface area is 127 Å². The van der Waals surface area contributed by atoms with Crippen molar-refractivity contribution in [2.24, 2.45) is 0 Å². The minimum Gasteiger partial charge on any atom is -0.383 e. The highest BCUT2D eigenvalue weighted by molar-refractivity contribution is 8.00. The molecule has 8 heteroatoms. The van der Waals surface area contributed by atoms with Crippen LogP contribution in [0.5, 0.6) is 0 Å². The number of thiazole rings is 1. The summed E-state index contributed by atoms with van der Waals surface area (Å²) in [6, 6.07) is 6.92. The minimum absolute atomic E-state index is 0.333. The van der Waals surface area contributed by atoms with E-state index in [0.29, 0.717) is 26.9 Å². The van der Waals surface area contributed by atoms with Crippen molar-refractivity contribution in [1.29, 1.82) is 0 Å². The van der Waals surface area contributed by atoms with Gasteiger partial charge in [0.2, 0.25) is 0 Å². The van der Waals surface area contributed by atoms with Crippen LogP contribution in [0.2, 0.25) is 5.02 Å². The third kappa shape index (κ3) is 2.17. The van der Waals surface area contributed by atoms with Gasteiger partial charge in [0, 0.05) is 5.02 Å². The van der Waals surface area contributed by atoms with Crippen molar-refractivity contribution in [2.75, 3.05) is 12.0 Å². The average molecular weight is 325 g/mol. The van der Waals surface area contributed by atoms with Gasteiger partial charge in [0.1, 0.15) is 10.5 Å². The van der Waals surface area contributed by atoms with Gasteiger partial charge in [-0.05, 0) is 24.5 Å². The first-order valence-electron chi connectivity index (χ1n) is 5.59. The van der Waals surface area contributed by atoms with Gasteiger partial charge in [-0.15, -0.1) is 11.3 Å². The summed E-state index contributed by atoms with van der Waals surface area (Å²) in [4.78, 5) is 20.4. The number of aromatic nitrogens is 3. The van der Waals surface area contributed by atoms with E-state index in [0.717, 1.165) is 4.34 Å². The third-order valence-electron chi connectivity index (χ3n) is 2.70. The number of anilines is 1. The monoisotopic (exact) mass is 324 g/mol. The predicted octanol–water partition coefficient (Wildman–Crippen LogP) is 2.80. The molecule has 0 unspecified atom stereocenters. The molecule has 0 radical (unpaired) electrons. The summed E-state index contributed by atoms with van der Waals surface area (Å²) in [7, 11) is 0. The maximum atomic E-state index is 12.1. The summed E-state index contributed by atoms with van der Waals surface area (Å²) >= 11 is 8.86. The Morgan fingerprint density at radius 1 is 1.40 bits per heavy atom. The summed E-state index contributed by atoms with van der Waals surface area (Å²) < 4.78 is 2.87. The molecule has 5 nitrogen and oxygen atoms in total. The van der Waals surface area contributed by atoms with Crippen LogP contribution in [0.25, 0.3) is 16.0 Å². The van der Waals surface area contributed by atoms with Gasteiger partial charge in [-0.3, -0.25) is 0 Å². The summed E-state index contributed by atoms with van der Waals surface area (Å²) in [6.45, 7) is 0. The summed E-state index contributed by atoms with van der Waals surface area (Å²) in [5, 5.41) is 0.531. The summed E-state index contributed by atoms with van der Waals surface area (Å²) in [6.07, 6.45) is 1.91. The third-order valence-corrected chi connectivity index (χ3v) is 4.98. The van der Waals surface area contributed by atoms with Crippen molar-refractivity contribution in [3.05, 3.63) is 39.8 Å². The first-order chi connectivity index (χ1) is 9.60. The zero-order chi connectivity index (χ0) is 14.3. The molecular weight excluding hydrogens is 316 g/mol. The maximum Gasteiger partial charge on any atom is 0.355 e. The van der Waals surface area contributed by atoms with Crippen molar-refractivity contribution < 1.29 is 0 Å². The SMILES string of the molecule is CSc1nc2nc(=O)n(-c3cccc(Cl)c3)c(N)c2s1. The highest BCUT2D eigenvalue weighted by Crippen LogP contribution is 2.31. The van der Waals surface area contributed by atoms with Crippen LogP contribution < -0.4 is 11.4 Å². The highest BCUT2D eigenvalue weighted by atomic mass is 35.5. The number of benzene rings is 1. The molecule has 0 aliphatic heterocycles. The van der Waals surface area contributed by atoms with E-state index in [2.05, 4.69) is 9.97 Å². The van der Waals surface area contributed by atoms with E-state index in [9.17, 15) is 4.79 Å². The molecule has 3 aromatic rings. The number of rotatable bonds is 2. The van der Waals surface area contributed by atoms with Crippen molar-refractivity contribution in [1.82, 2.24) is 14.5 Å². The van der Waals surface area contributed by atoms with Crippen LogP contribution in [-0.4, -0.2) is 20.8 Å². The van der Waals surface area contributed by atoms with Crippen molar-refractivity contribution >= 4 is 50.9 Å². The zero-order valence-corrected chi connectivity index (χ0v) is 12.7. The van der Waals surface area contributed by atoms with Crippen molar-refractivity contribution in [3.8, 4) is 5.69 Å². The van der Waals surface area contributed by atoms with E-state index in [-0.39, 0.29) is 0 Å². The normalized spacial score (nSPS) is 11.1. The van der Waals surface area contributed by atoms with Crippen LogP contribution in [0.4, 0.5) is 5.82 Å². The number of halogens is 1. The molecule has 0 bridgehead atoms. The Hall–Kier alpha value is -1.57. The van der Waals surface area contributed by atoms with E-state index in [1.54, 1.807) is 24.3 Å². The van der Waals surface area contributed by atoms with Crippen LogP contribution in [0.15, 0.2) is 33.4 Å². The Kier molecular flexibility index (Phi) is 3.41. The fraction of sp³-hybridized carbons (Fsp3) is 0.0833. The van der Waals surface area contributed by atoms with Gasteiger partial charge in [0.05, 0.1) is 5.69 Å². The Morgan fingerprint density at radius 2 is 2.20 bits per heavy atom. The van der Waals surface area contributed by atoms with Crippen LogP contribution in [-0.2, 0) is 0 Å². The Bertz CT molecular complexity index is 858. The number of hydrogen-bond acceptors (Lipinski definition) is 6. The lowest BCUT2D eigenvalue weighted by atomic mass is 10.3. The lowest BCUT2D eigenvalue weighted by Crippen LogP contribution is -2.23. The second-order valence-electron chi connectivity index (χ2n) is 3.93. The van der Waals surface area contributed by atoms with Gasteiger partial charge >= 0.3 is 5.69 Å². The highest BCUT2D eigenvalue weighted by Gasteiger charge is 2.14. The van der Waals surface area contributed by atoms with Crippen LogP contribution in [0.1, 0.15) is 0 Å². The number of nitrogens with zero attached hydrogens (tertiary/aromatic N) is 3. The number of thioether (sulfide) groups is 1. The summed E-state index contributed by atoms with van der Waals surface area (Å²) in [5.74, 6) is 0.333. The van der Waals surface area contributed by atoms with E-state index >= 15 is 0 Å². The molecule has 0 amide bonds. The Morgan fingerprint density at radius 3 is 2.90 bits per heavy atom. The van der Waals surface area contributed by atoms with E-state index in [1.165, 1.54) is 27.7 Å². The molecule has 1 aromatic carbocycles. The molecule has 20 heavy (non-hydrogen) atoms. The average Bonchev–Trinajstić information content (AvgIpc) is 2.82. The molecule has 0 saturated heterocycles. The molecular formula is C12H9ClN4OS2. The molecule has 0 atom stereocenters.